The smallest absolute Gasteiger partial charge is 0.292 e. The number of anilines is 2. The number of aromatic nitrogens is 2. The maximum atomic E-state index is 12.7. The number of carbonyl (C=O) groups excluding carboxylic acids is 1. The highest BCUT2D eigenvalue weighted by atomic mass is 16.6. The number of nitrogens with zero attached hydrogens (tertiary/aromatic N) is 4. The summed E-state index contributed by atoms with van der Waals surface area (Å²) >= 11 is 0. The molecule has 0 radical (unpaired) electrons. The summed E-state index contributed by atoms with van der Waals surface area (Å²) in [5.41, 5.74) is 1.84. The first-order valence-electron chi connectivity index (χ1n) is 9.92. The second-order valence-electron chi connectivity index (χ2n) is 7.34. The average Bonchev–Trinajstić information content (AvgIpc) is 2.79. The van der Waals surface area contributed by atoms with Crippen molar-refractivity contribution in [1.29, 1.82) is 0 Å². The summed E-state index contributed by atoms with van der Waals surface area (Å²) in [4.78, 5) is 34.0. The molecule has 31 heavy (non-hydrogen) atoms. The zero-order chi connectivity index (χ0) is 21.8. The zero-order valence-corrected chi connectivity index (χ0v) is 16.6. The van der Waals surface area contributed by atoms with E-state index in [9.17, 15) is 20.0 Å². The largest absolute Gasteiger partial charge is 0.508 e. The summed E-state index contributed by atoms with van der Waals surface area (Å²) in [5.74, 6) is 0.276. The topological polar surface area (TPSA) is 121 Å². The minimum Gasteiger partial charge on any atom is -0.508 e. The van der Waals surface area contributed by atoms with E-state index in [4.69, 9.17) is 0 Å². The van der Waals surface area contributed by atoms with Gasteiger partial charge < -0.3 is 15.3 Å². The number of amides is 1. The van der Waals surface area contributed by atoms with E-state index < -0.39 is 0 Å². The normalized spacial score (nSPS) is 14.3. The van der Waals surface area contributed by atoms with Gasteiger partial charge in [0.1, 0.15) is 11.4 Å². The van der Waals surface area contributed by atoms with Crippen molar-refractivity contribution in [3.63, 3.8) is 0 Å². The van der Waals surface area contributed by atoms with Crippen LogP contribution in [0, 0.1) is 16.0 Å². The van der Waals surface area contributed by atoms with E-state index >= 15 is 0 Å². The van der Waals surface area contributed by atoms with Gasteiger partial charge in [0.2, 0.25) is 5.91 Å². The quantitative estimate of drug-likeness (QED) is 0.478. The molecular formula is C22H21N5O4. The van der Waals surface area contributed by atoms with Crippen molar-refractivity contribution in [3.8, 4) is 17.1 Å². The Balaban J connectivity index is 1.36. The van der Waals surface area contributed by atoms with Crippen LogP contribution in [0.3, 0.4) is 0 Å². The van der Waals surface area contributed by atoms with Gasteiger partial charge in [-0.2, -0.15) is 0 Å². The Labute approximate surface area is 178 Å². The SMILES string of the molecule is O=C(Nc1cnc(-c2cccc(O)c2)nc1)C1CCN(c2ccccc2[N+](=O)[O-])CC1. The number of hydrogen-bond acceptors (Lipinski definition) is 7. The van der Waals surface area contributed by atoms with Gasteiger partial charge in [-0.3, -0.25) is 14.9 Å². The molecule has 9 nitrogen and oxygen atoms in total. The number of rotatable bonds is 5. The summed E-state index contributed by atoms with van der Waals surface area (Å²) in [5, 5.41) is 23.7. The molecule has 1 aliphatic heterocycles. The third kappa shape index (κ3) is 4.61. The standard InChI is InChI=1S/C22H21N5O4/c28-18-5-3-4-16(12-18)21-23-13-17(14-24-21)25-22(29)15-8-10-26(11-9-15)19-6-1-2-7-20(19)27(30)31/h1-7,12-15,28H,8-11H2,(H,25,29). The van der Waals surface area contributed by atoms with E-state index in [2.05, 4.69) is 15.3 Å². The molecule has 0 bridgehead atoms. The number of aromatic hydroxyl groups is 1. The van der Waals surface area contributed by atoms with Crippen molar-refractivity contribution in [2.75, 3.05) is 23.3 Å². The van der Waals surface area contributed by atoms with Crippen LogP contribution in [0.15, 0.2) is 60.9 Å². The number of nitrogens with one attached hydrogen (secondary N) is 1. The van der Waals surface area contributed by atoms with Crippen LogP contribution in [0.25, 0.3) is 11.4 Å². The fraction of sp³-hybridized carbons (Fsp3) is 0.227. The minimum absolute atomic E-state index is 0.0781. The molecule has 1 amide bonds. The van der Waals surface area contributed by atoms with E-state index in [1.165, 1.54) is 18.5 Å². The lowest BCUT2D eigenvalue weighted by atomic mass is 9.95. The van der Waals surface area contributed by atoms with Gasteiger partial charge in [0.15, 0.2) is 5.82 Å². The van der Waals surface area contributed by atoms with E-state index in [0.717, 1.165) is 0 Å². The molecule has 1 aliphatic rings. The third-order valence-corrected chi connectivity index (χ3v) is 5.31. The molecule has 1 aromatic heterocycles. The lowest BCUT2D eigenvalue weighted by Gasteiger charge is -2.32. The molecule has 0 atom stereocenters. The number of nitro groups is 1. The lowest BCUT2D eigenvalue weighted by molar-refractivity contribution is -0.384. The monoisotopic (exact) mass is 419 g/mol. The van der Waals surface area contributed by atoms with E-state index in [-0.39, 0.29) is 28.2 Å². The summed E-state index contributed by atoms with van der Waals surface area (Å²) in [6.07, 6.45) is 4.26. The summed E-state index contributed by atoms with van der Waals surface area (Å²) in [7, 11) is 0. The van der Waals surface area contributed by atoms with Gasteiger partial charge >= 0.3 is 0 Å². The second-order valence-corrected chi connectivity index (χ2v) is 7.34. The summed E-state index contributed by atoms with van der Waals surface area (Å²) in [6.45, 7) is 1.13. The number of piperidine rings is 1. The third-order valence-electron chi connectivity index (χ3n) is 5.31. The second kappa shape index (κ2) is 8.78. The molecule has 1 fully saturated rings. The number of benzene rings is 2. The Morgan fingerprint density at radius 3 is 2.48 bits per heavy atom. The van der Waals surface area contributed by atoms with Crippen molar-refractivity contribution >= 4 is 23.0 Å². The van der Waals surface area contributed by atoms with Gasteiger partial charge in [0.05, 0.1) is 23.0 Å². The van der Waals surface area contributed by atoms with Crippen LogP contribution < -0.4 is 10.2 Å². The van der Waals surface area contributed by atoms with Crippen LogP contribution in [0.4, 0.5) is 17.1 Å². The molecule has 0 spiro atoms. The Morgan fingerprint density at radius 2 is 1.81 bits per heavy atom. The Morgan fingerprint density at radius 1 is 1.10 bits per heavy atom. The number of para-hydroxylation sites is 2. The minimum atomic E-state index is -0.380. The van der Waals surface area contributed by atoms with Crippen molar-refractivity contribution in [3.05, 3.63) is 71.0 Å². The number of nitro benzene ring substituents is 1. The fourth-order valence-corrected chi connectivity index (χ4v) is 3.70. The van der Waals surface area contributed by atoms with E-state index in [1.807, 2.05) is 4.90 Å². The molecule has 4 rings (SSSR count). The molecule has 2 N–H and O–H groups in total. The predicted molar refractivity (Wildman–Crippen MR) is 116 cm³/mol. The molecule has 0 unspecified atom stereocenters. The van der Waals surface area contributed by atoms with Gasteiger partial charge in [0.25, 0.3) is 5.69 Å². The molecule has 0 aliphatic carbocycles. The number of carbonyl (C=O) groups is 1. The van der Waals surface area contributed by atoms with Gasteiger partial charge in [-0.1, -0.05) is 24.3 Å². The molecule has 2 heterocycles. The molecule has 3 aromatic rings. The first kappa shape index (κ1) is 20.3. The Hall–Kier alpha value is -4.01. The first-order chi connectivity index (χ1) is 15.0. The fourth-order valence-electron chi connectivity index (χ4n) is 3.70. The maximum absolute atomic E-state index is 12.7. The van der Waals surface area contributed by atoms with Crippen LogP contribution >= 0.6 is 0 Å². The Bertz CT molecular complexity index is 1100. The van der Waals surface area contributed by atoms with Gasteiger partial charge in [-0.05, 0) is 31.0 Å². The molecule has 158 valence electrons. The van der Waals surface area contributed by atoms with E-state index in [1.54, 1.807) is 42.5 Å². The number of phenolic OH excluding ortho intramolecular Hbond substituents is 1. The summed E-state index contributed by atoms with van der Waals surface area (Å²) in [6, 6.07) is 13.3. The van der Waals surface area contributed by atoms with Gasteiger partial charge in [0, 0.05) is 30.6 Å². The Kier molecular flexibility index (Phi) is 5.74. The van der Waals surface area contributed by atoms with Crippen LogP contribution in [-0.4, -0.2) is 39.0 Å². The van der Waals surface area contributed by atoms with Crippen LogP contribution in [-0.2, 0) is 4.79 Å². The van der Waals surface area contributed by atoms with Gasteiger partial charge in [-0.15, -0.1) is 0 Å². The number of phenols is 1. The summed E-state index contributed by atoms with van der Waals surface area (Å²) < 4.78 is 0. The molecule has 0 saturated carbocycles. The first-order valence-corrected chi connectivity index (χ1v) is 9.92. The highest BCUT2D eigenvalue weighted by Crippen LogP contribution is 2.31. The molecule has 9 heteroatoms. The molecular weight excluding hydrogens is 398 g/mol. The highest BCUT2D eigenvalue weighted by molar-refractivity contribution is 5.92. The van der Waals surface area contributed by atoms with Crippen LogP contribution in [0.5, 0.6) is 5.75 Å². The van der Waals surface area contributed by atoms with Crippen molar-refractivity contribution in [2.24, 2.45) is 5.92 Å². The van der Waals surface area contributed by atoms with Crippen molar-refractivity contribution < 1.29 is 14.8 Å². The zero-order valence-electron chi connectivity index (χ0n) is 16.6. The average molecular weight is 419 g/mol. The van der Waals surface area contributed by atoms with Crippen molar-refractivity contribution in [1.82, 2.24) is 9.97 Å². The lowest BCUT2D eigenvalue weighted by Crippen LogP contribution is -2.38. The van der Waals surface area contributed by atoms with Crippen LogP contribution in [0.1, 0.15) is 12.8 Å². The number of hydrogen-bond donors (Lipinski definition) is 2. The van der Waals surface area contributed by atoms with Crippen LogP contribution in [0.2, 0.25) is 0 Å². The molecule has 1 saturated heterocycles. The maximum Gasteiger partial charge on any atom is 0.292 e. The predicted octanol–water partition coefficient (Wildman–Crippen LogP) is 3.61. The van der Waals surface area contributed by atoms with Crippen molar-refractivity contribution in [2.45, 2.75) is 12.8 Å². The van der Waals surface area contributed by atoms with E-state index in [0.29, 0.717) is 48.7 Å². The molecule has 2 aromatic carbocycles. The van der Waals surface area contributed by atoms with Gasteiger partial charge in [-0.25, -0.2) is 9.97 Å². The highest BCUT2D eigenvalue weighted by Gasteiger charge is 2.28.